The smallest absolute Gasteiger partial charge is 0.127 e. The second kappa shape index (κ2) is 5.76. The molecule has 2 aromatic rings. The summed E-state index contributed by atoms with van der Waals surface area (Å²) in [4.78, 5) is 0. The van der Waals surface area contributed by atoms with Crippen LogP contribution in [0.1, 0.15) is 18.1 Å². The van der Waals surface area contributed by atoms with Crippen LogP contribution in [0, 0.1) is 5.41 Å². The van der Waals surface area contributed by atoms with E-state index in [0.29, 0.717) is 11.3 Å². The summed E-state index contributed by atoms with van der Waals surface area (Å²) in [5, 5.41) is 8.08. The summed E-state index contributed by atoms with van der Waals surface area (Å²) in [6.45, 7) is 2.05. The topological polar surface area (TPSA) is 59.1 Å². The molecule has 0 unspecified atom stereocenters. The molecular weight excluding hydrogens is 260 g/mol. The number of hydrogen-bond acceptors (Lipinski definition) is 2. The number of ether oxygens (including phenoxy) is 1. The van der Waals surface area contributed by atoms with E-state index in [4.69, 9.17) is 27.5 Å². The van der Waals surface area contributed by atoms with Crippen molar-refractivity contribution < 1.29 is 4.74 Å². The van der Waals surface area contributed by atoms with Crippen molar-refractivity contribution >= 4 is 17.4 Å². The summed E-state index contributed by atoms with van der Waals surface area (Å²) < 4.78 is 5.74. The van der Waals surface area contributed by atoms with Gasteiger partial charge in [0.25, 0.3) is 0 Å². The molecule has 4 heteroatoms. The van der Waals surface area contributed by atoms with E-state index in [1.165, 1.54) is 0 Å². The van der Waals surface area contributed by atoms with Gasteiger partial charge in [-0.25, -0.2) is 0 Å². The molecule has 3 nitrogen and oxygen atoms in total. The van der Waals surface area contributed by atoms with E-state index in [-0.39, 0.29) is 5.84 Å². The number of rotatable bonds is 4. The first-order valence-electron chi connectivity index (χ1n) is 6.01. The first-order chi connectivity index (χ1) is 9.10. The monoisotopic (exact) mass is 274 g/mol. The van der Waals surface area contributed by atoms with Crippen molar-refractivity contribution in [3.05, 3.63) is 58.6 Å². The van der Waals surface area contributed by atoms with Crippen LogP contribution in [0.5, 0.6) is 11.5 Å². The lowest BCUT2D eigenvalue weighted by molar-refractivity contribution is 0.482. The quantitative estimate of drug-likeness (QED) is 0.654. The standard InChI is InChI=1S/C15H15ClN2O/c1-2-10-9-13(7-8-14(10)16)19-12-5-3-11(4-6-12)15(17)18/h3-9H,2H2,1H3,(H3,17,18). The van der Waals surface area contributed by atoms with Crippen molar-refractivity contribution in [2.75, 3.05) is 0 Å². The lowest BCUT2D eigenvalue weighted by Gasteiger charge is -2.09. The zero-order valence-electron chi connectivity index (χ0n) is 10.6. The summed E-state index contributed by atoms with van der Waals surface area (Å²) in [7, 11) is 0. The van der Waals surface area contributed by atoms with E-state index in [1.54, 1.807) is 24.3 Å². The minimum Gasteiger partial charge on any atom is -0.457 e. The van der Waals surface area contributed by atoms with Gasteiger partial charge in [-0.3, -0.25) is 5.41 Å². The molecule has 0 heterocycles. The van der Waals surface area contributed by atoms with Crippen LogP contribution < -0.4 is 10.5 Å². The molecular formula is C15H15ClN2O. The third-order valence-electron chi connectivity index (χ3n) is 2.80. The summed E-state index contributed by atoms with van der Waals surface area (Å²) >= 11 is 6.06. The number of nitrogens with one attached hydrogen (secondary N) is 1. The first-order valence-corrected chi connectivity index (χ1v) is 6.38. The summed E-state index contributed by atoms with van der Waals surface area (Å²) in [6.07, 6.45) is 0.860. The molecule has 0 aliphatic heterocycles. The predicted octanol–water partition coefficient (Wildman–Crippen LogP) is 3.98. The Labute approximate surface area is 117 Å². The Kier molecular flexibility index (Phi) is 4.07. The maximum Gasteiger partial charge on any atom is 0.127 e. The molecule has 0 radical (unpaired) electrons. The molecule has 2 aromatic carbocycles. The third kappa shape index (κ3) is 3.26. The number of nitrogen functional groups attached to an aromatic ring is 1. The van der Waals surface area contributed by atoms with Crippen LogP contribution in [0.2, 0.25) is 5.02 Å². The molecule has 2 rings (SSSR count). The molecule has 0 saturated carbocycles. The van der Waals surface area contributed by atoms with Crippen molar-refractivity contribution in [2.45, 2.75) is 13.3 Å². The average molecular weight is 275 g/mol. The zero-order chi connectivity index (χ0) is 13.8. The van der Waals surface area contributed by atoms with Crippen LogP contribution in [0.3, 0.4) is 0 Å². The highest BCUT2D eigenvalue weighted by Crippen LogP contribution is 2.26. The van der Waals surface area contributed by atoms with Gasteiger partial charge in [0.15, 0.2) is 0 Å². The minimum absolute atomic E-state index is 0.0475. The molecule has 0 atom stereocenters. The number of halogens is 1. The van der Waals surface area contributed by atoms with E-state index in [9.17, 15) is 0 Å². The fourth-order valence-electron chi connectivity index (χ4n) is 1.72. The maximum absolute atomic E-state index is 7.33. The van der Waals surface area contributed by atoms with Gasteiger partial charge in [-0.2, -0.15) is 0 Å². The predicted molar refractivity (Wildman–Crippen MR) is 78.4 cm³/mol. The van der Waals surface area contributed by atoms with E-state index in [0.717, 1.165) is 22.8 Å². The number of nitrogens with two attached hydrogens (primary N) is 1. The lowest BCUT2D eigenvalue weighted by atomic mass is 10.1. The Balaban J connectivity index is 2.19. The molecule has 19 heavy (non-hydrogen) atoms. The van der Waals surface area contributed by atoms with Crippen molar-refractivity contribution in [1.82, 2.24) is 0 Å². The van der Waals surface area contributed by atoms with Crippen LogP contribution in [0.25, 0.3) is 0 Å². The van der Waals surface area contributed by atoms with Crippen LogP contribution in [-0.2, 0) is 6.42 Å². The first kappa shape index (κ1) is 13.4. The highest BCUT2D eigenvalue weighted by atomic mass is 35.5. The van der Waals surface area contributed by atoms with Crippen molar-refractivity contribution in [2.24, 2.45) is 5.73 Å². The molecule has 0 aliphatic carbocycles. The summed E-state index contributed by atoms with van der Waals surface area (Å²) in [5.41, 5.74) is 7.13. The maximum atomic E-state index is 7.33. The van der Waals surface area contributed by atoms with Gasteiger partial charge in [0.05, 0.1) is 0 Å². The fourth-order valence-corrected chi connectivity index (χ4v) is 1.98. The highest BCUT2D eigenvalue weighted by molar-refractivity contribution is 6.31. The zero-order valence-corrected chi connectivity index (χ0v) is 11.4. The Morgan fingerprint density at radius 3 is 2.37 bits per heavy atom. The van der Waals surface area contributed by atoms with Gasteiger partial charge >= 0.3 is 0 Å². The normalized spacial score (nSPS) is 10.2. The minimum atomic E-state index is 0.0475. The molecule has 0 bridgehead atoms. The van der Waals surface area contributed by atoms with E-state index >= 15 is 0 Å². The molecule has 0 amide bonds. The summed E-state index contributed by atoms with van der Waals surface area (Å²) in [5.74, 6) is 1.50. The second-order valence-corrected chi connectivity index (χ2v) is 4.55. The molecule has 0 saturated heterocycles. The largest absolute Gasteiger partial charge is 0.457 e. The number of benzene rings is 2. The van der Waals surface area contributed by atoms with Gasteiger partial charge in [-0.1, -0.05) is 18.5 Å². The second-order valence-electron chi connectivity index (χ2n) is 4.15. The van der Waals surface area contributed by atoms with Gasteiger partial charge in [0.2, 0.25) is 0 Å². The average Bonchev–Trinajstić information content (AvgIpc) is 2.41. The SMILES string of the molecule is CCc1cc(Oc2ccc(C(=N)N)cc2)ccc1Cl. The molecule has 0 spiro atoms. The van der Waals surface area contributed by atoms with Crippen LogP contribution in [0.15, 0.2) is 42.5 Å². The molecule has 3 N–H and O–H groups in total. The molecule has 0 fully saturated rings. The molecule has 98 valence electrons. The number of aryl methyl sites for hydroxylation is 1. The third-order valence-corrected chi connectivity index (χ3v) is 3.17. The lowest BCUT2D eigenvalue weighted by Crippen LogP contribution is -2.10. The Morgan fingerprint density at radius 2 is 1.79 bits per heavy atom. The summed E-state index contributed by atoms with van der Waals surface area (Å²) in [6, 6.07) is 12.7. The molecule has 0 aliphatic rings. The van der Waals surface area contributed by atoms with Crippen LogP contribution in [-0.4, -0.2) is 5.84 Å². The van der Waals surface area contributed by atoms with Crippen LogP contribution in [0.4, 0.5) is 0 Å². The van der Waals surface area contributed by atoms with E-state index in [1.807, 2.05) is 25.1 Å². The van der Waals surface area contributed by atoms with Gasteiger partial charge < -0.3 is 10.5 Å². The Hall–Kier alpha value is -2.00. The van der Waals surface area contributed by atoms with Gasteiger partial charge in [-0.05, 0) is 54.4 Å². The Bertz CT molecular complexity index is 594. The van der Waals surface area contributed by atoms with Gasteiger partial charge in [-0.15, -0.1) is 0 Å². The Morgan fingerprint density at radius 1 is 1.16 bits per heavy atom. The number of hydrogen-bond donors (Lipinski definition) is 2. The van der Waals surface area contributed by atoms with Gasteiger partial charge in [0.1, 0.15) is 17.3 Å². The van der Waals surface area contributed by atoms with Gasteiger partial charge in [0, 0.05) is 10.6 Å². The fraction of sp³-hybridized carbons (Fsp3) is 0.133. The van der Waals surface area contributed by atoms with Crippen LogP contribution >= 0.6 is 11.6 Å². The van der Waals surface area contributed by atoms with Crippen molar-refractivity contribution in [1.29, 1.82) is 5.41 Å². The van der Waals surface area contributed by atoms with Crippen molar-refractivity contribution in [3.63, 3.8) is 0 Å². The van der Waals surface area contributed by atoms with E-state index in [2.05, 4.69) is 0 Å². The number of amidine groups is 1. The molecule has 0 aromatic heterocycles. The van der Waals surface area contributed by atoms with E-state index < -0.39 is 0 Å². The van der Waals surface area contributed by atoms with Crippen molar-refractivity contribution in [3.8, 4) is 11.5 Å². The highest BCUT2D eigenvalue weighted by Gasteiger charge is 2.03.